The van der Waals surface area contributed by atoms with Crippen molar-refractivity contribution in [2.75, 3.05) is 25.2 Å². The van der Waals surface area contributed by atoms with Gasteiger partial charge in [-0.25, -0.2) is 9.59 Å². The topological polar surface area (TPSA) is 134 Å². The van der Waals surface area contributed by atoms with Crippen LogP contribution in [-0.4, -0.2) is 36.9 Å². The number of carbonyl (C=O) groups is 2. The van der Waals surface area contributed by atoms with E-state index in [1.54, 1.807) is 30.3 Å². The average molecular weight is 559 g/mol. The van der Waals surface area contributed by atoms with E-state index in [9.17, 15) is 27.9 Å². The number of carboxylic acids is 1. The lowest BCUT2D eigenvalue weighted by Gasteiger charge is -2.13. The molecule has 0 aliphatic heterocycles. The molecule has 0 saturated heterocycles. The first kappa shape index (κ1) is 29.9. The highest BCUT2D eigenvalue weighted by molar-refractivity contribution is 5.93. The maximum atomic E-state index is 12.6. The number of hydrogen-bond acceptors (Lipinski definition) is 7. The highest BCUT2D eigenvalue weighted by Gasteiger charge is 2.26. The van der Waals surface area contributed by atoms with Crippen LogP contribution in [0.4, 0.5) is 24.5 Å². The van der Waals surface area contributed by atoms with E-state index in [1.165, 1.54) is 43.5 Å². The summed E-state index contributed by atoms with van der Waals surface area (Å²) in [4.78, 5) is 24.4. The summed E-state index contributed by atoms with van der Waals surface area (Å²) in [6, 6.07) is 15.6. The number of hydrogen-bond donors (Lipinski definition) is 3. The number of alkyl halides is 3. The number of rotatable bonds is 12. The van der Waals surface area contributed by atoms with Crippen LogP contribution in [0.15, 0.2) is 66.2 Å². The monoisotopic (exact) mass is 558 g/mol. The molecule has 0 heterocycles. The number of ether oxygens (including phenoxy) is 3. The van der Waals surface area contributed by atoms with E-state index in [0.717, 1.165) is 5.56 Å². The second-order valence-electron chi connectivity index (χ2n) is 8.82. The van der Waals surface area contributed by atoms with Gasteiger partial charge in [0.1, 0.15) is 5.75 Å². The van der Waals surface area contributed by atoms with Gasteiger partial charge in [-0.2, -0.15) is 13.2 Å². The van der Waals surface area contributed by atoms with E-state index in [0.29, 0.717) is 23.4 Å². The fourth-order valence-corrected chi connectivity index (χ4v) is 3.72. The molecule has 0 radical (unpaired) electrons. The summed E-state index contributed by atoms with van der Waals surface area (Å²) in [5.41, 5.74) is 14.4. The second-order valence-corrected chi connectivity index (χ2v) is 8.82. The summed E-state index contributed by atoms with van der Waals surface area (Å²) in [5.74, 6) is -1.17. The van der Waals surface area contributed by atoms with Gasteiger partial charge in [-0.1, -0.05) is 18.2 Å². The maximum Gasteiger partial charge on any atom is 0.389 e. The van der Waals surface area contributed by atoms with Gasteiger partial charge in [0, 0.05) is 23.4 Å². The van der Waals surface area contributed by atoms with Crippen LogP contribution in [0.3, 0.4) is 0 Å². The normalized spacial score (nSPS) is 11.7. The summed E-state index contributed by atoms with van der Waals surface area (Å²) in [7, 11) is 1.34. The van der Waals surface area contributed by atoms with Crippen LogP contribution in [0.5, 0.6) is 17.2 Å². The Balaban J connectivity index is 1.62. The Kier molecular flexibility index (Phi) is 10.0. The molecule has 0 amide bonds. The minimum Gasteiger partial charge on any atom is -0.493 e. The lowest BCUT2D eigenvalue weighted by Crippen LogP contribution is -2.11. The molecule has 0 saturated carbocycles. The summed E-state index contributed by atoms with van der Waals surface area (Å²) >= 11 is 0. The molecule has 3 aromatic carbocycles. The molecule has 3 rings (SSSR count). The van der Waals surface area contributed by atoms with E-state index in [-0.39, 0.29) is 47.8 Å². The Morgan fingerprint density at radius 1 is 0.975 bits per heavy atom. The Labute approximate surface area is 229 Å². The number of nitrogens with two attached hydrogens (primary N) is 2. The van der Waals surface area contributed by atoms with Crippen molar-refractivity contribution in [3.63, 3.8) is 0 Å². The van der Waals surface area contributed by atoms with Gasteiger partial charge in [-0.05, 0) is 78.9 Å². The standard InChI is InChI=1S/C29H29F3N2O6/c1-38-26-16-21(8-12-25(26)39-14-2-13-29(30,31)32)28(37)40-23-10-3-18(4-11-23)15-20(27(35)36)6-5-19-7-9-22(33)17-24(19)34/h3-4,7-12,15-17H,2,5-6,13-14,33-34H2,1H3,(H,35,36). The molecule has 0 aliphatic carbocycles. The van der Waals surface area contributed by atoms with Crippen molar-refractivity contribution in [2.24, 2.45) is 0 Å². The SMILES string of the molecule is COc1cc(C(=O)Oc2ccc(C=C(CCc3ccc(N)cc3N)C(=O)O)cc2)ccc1OCCCC(F)(F)F. The third-order valence-electron chi connectivity index (χ3n) is 5.80. The lowest BCUT2D eigenvalue weighted by molar-refractivity contribution is -0.136. The molecule has 0 bridgehead atoms. The number of aryl methyl sites for hydroxylation is 1. The van der Waals surface area contributed by atoms with Crippen molar-refractivity contribution in [1.82, 2.24) is 0 Å². The molecule has 0 fully saturated rings. The molecule has 40 heavy (non-hydrogen) atoms. The first-order valence-corrected chi connectivity index (χ1v) is 12.2. The van der Waals surface area contributed by atoms with Crippen molar-refractivity contribution in [1.29, 1.82) is 0 Å². The van der Waals surface area contributed by atoms with E-state index in [2.05, 4.69) is 0 Å². The summed E-state index contributed by atoms with van der Waals surface area (Å²) in [5, 5.41) is 9.63. The number of methoxy groups -OCH3 is 1. The molecule has 11 heteroatoms. The quantitative estimate of drug-likeness (QED) is 0.0822. The van der Waals surface area contributed by atoms with Crippen molar-refractivity contribution in [2.45, 2.75) is 31.9 Å². The third kappa shape index (κ3) is 8.97. The van der Waals surface area contributed by atoms with E-state index in [4.69, 9.17) is 25.7 Å². The predicted molar refractivity (Wildman–Crippen MR) is 144 cm³/mol. The van der Waals surface area contributed by atoms with Gasteiger partial charge in [0.2, 0.25) is 0 Å². The van der Waals surface area contributed by atoms with Gasteiger partial charge in [0.05, 0.1) is 19.3 Å². The van der Waals surface area contributed by atoms with Gasteiger partial charge in [0.15, 0.2) is 11.5 Å². The molecule has 0 spiro atoms. The number of aliphatic carboxylic acids is 1. The average Bonchev–Trinajstić information content (AvgIpc) is 2.90. The van der Waals surface area contributed by atoms with Gasteiger partial charge < -0.3 is 30.8 Å². The van der Waals surface area contributed by atoms with Crippen LogP contribution in [0.1, 0.15) is 40.7 Å². The number of esters is 1. The first-order valence-electron chi connectivity index (χ1n) is 12.2. The molecular weight excluding hydrogens is 529 g/mol. The maximum absolute atomic E-state index is 12.6. The molecule has 0 unspecified atom stereocenters. The van der Waals surface area contributed by atoms with Crippen molar-refractivity contribution in [3.8, 4) is 17.2 Å². The van der Waals surface area contributed by atoms with Crippen molar-refractivity contribution >= 4 is 29.4 Å². The van der Waals surface area contributed by atoms with Gasteiger partial charge in [-0.15, -0.1) is 0 Å². The Hall–Kier alpha value is -4.67. The number of anilines is 2. The molecule has 3 aromatic rings. The number of benzene rings is 3. The van der Waals surface area contributed by atoms with Gasteiger partial charge in [-0.3, -0.25) is 0 Å². The molecule has 0 aliphatic rings. The van der Waals surface area contributed by atoms with Crippen LogP contribution in [0.2, 0.25) is 0 Å². The van der Waals surface area contributed by atoms with E-state index in [1.807, 2.05) is 0 Å². The molecular formula is C29H29F3N2O6. The zero-order valence-corrected chi connectivity index (χ0v) is 21.7. The van der Waals surface area contributed by atoms with Gasteiger partial charge in [0.25, 0.3) is 0 Å². The largest absolute Gasteiger partial charge is 0.493 e. The minimum absolute atomic E-state index is 0.138. The minimum atomic E-state index is -4.26. The van der Waals surface area contributed by atoms with Crippen LogP contribution in [0, 0.1) is 0 Å². The second kappa shape index (κ2) is 13.4. The molecule has 0 atom stereocenters. The van der Waals surface area contributed by atoms with Gasteiger partial charge >= 0.3 is 18.1 Å². The van der Waals surface area contributed by atoms with Crippen molar-refractivity contribution in [3.05, 3.63) is 82.9 Å². The number of nitrogen functional groups attached to an aromatic ring is 2. The fourth-order valence-electron chi connectivity index (χ4n) is 3.72. The molecule has 212 valence electrons. The highest BCUT2D eigenvalue weighted by atomic mass is 19.4. The Morgan fingerprint density at radius 3 is 2.33 bits per heavy atom. The van der Waals surface area contributed by atoms with Crippen LogP contribution < -0.4 is 25.7 Å². The van der Waals surface area contributed by atoms with Crippen LogP contribution >= 0.6 is 0 Å². The summed E-state index contributed by atoms with van der Waals surface area (Å²) in [6.45, 7) is -0.167. The molecule has 0 aromatic heterocycles. The summed E-state index contributed by atoms with van der Waals surface area (Å²) in [6.07, 6.45) is -3.26. The smallest absolute Gasteiger partial charge is 0.389 e. The van der Waals surface area contributed by atoms with E-state index >= 15 is 0 Å². The predicted octanol–water partition coefficient (Wildman–Crippen LogP) is 5.90. The van der Waals surface area contributed by atoms with Crippen molar-refractivity contribution < 1.29 is 42.1 Å². The molecule has 8 nitrogen and oxygen atoms in total. The summed E-state index contributed by atoms with van der Waals surface area (Å²) < 4.78 is 52.9. The first-order chi connectivity index (χ1) is 18.9. The van der Waals surface area contributed by atoms with Crippen LogP contribution in [0.25, 0.3) is 6.08 Å². The number of halogens is 3. The Bertz CT molecular complexity index is 1370. The Morgan fingerprint density at radius 2 is 1.70 bits per heavy atom. The zero-order chi connectivity index (χ0) is 29.3. The van der Waals surface area contributed by atoms with Crippen LogP contribution in [-0.2, 0) is 11.2 Å². The fraction of sp³-hybridized carbons (Fsp3) is 0.241. The van der Waals surface area contributed by atoms with E-state index < -0.39 is 24.5 Å². The zero-order valence-electron chi connectivity index (χ0n) is 21.7. The number of carbonyl (C=O) groups excluding carboxylic acids is 1. The highest BCUT2D eigenvalue weighted by Crippen LogP contribution is 2.30. The number of carboxylic acid groups (broad SMARTS) is 1. The molecule has 5 N–H and O–H groups in total. The third-order valence-corrected chi connectivity index (χ3v) is 5.80. The lowest BCUT2D eigenvalue weighted by atomic mass is 10.0.